The summed E-state index contributed by atoms with van der Waals surface area (Å²) in [6, 6.07) is 0. The highest BCUT2D eigenvalue weighted by molar-refractivity contribution is 5.49. The molecular formula is C11H14N4. The minimum absolute atomic E-state index is 0.109. The molecule has 2 aromatic heterocycles. The monoisotopic (exact) mass is 202 g/mol. The molecule has 0 bridgehead atoms. The van der Waals surface area contributed by atoms with E-state index in [9.17, 15) is 0 Å². The van der Waals surface area contributed by atoms with Crippen molar-refractivity contribution in [3.63, 3.8) is 0 Å². The first-order chi connectivity index (χ1) is 7.27. The van der Waals surface area contributed by atoms with Crippen LogP contribution < -0.4 is 5.73 Å². The third-order valence-electron chi connectivity index (χ3n) is 3.17. The summed E-state index contributed by atoms with van der Waals surface area (Å²) in [6.45, 7) is 0. The van der Waals surface area contributed by atoms with E-state index < -0.39 is 0 Å². The van der Waals surface area contributed by atoms with E-state index >= 15 is 0 Å². The quantitative estimate of drug-likeness (QED) is 0.812. The molecule has 2 N–H and O–H groups in total. The van der Waals surface area contributed by atoms with Crippen LogP contribution in [0.15, 0.2) is 24.9 Å². The number of hydrogen-bond acceptors (Lipinski definition) is 3. The summed E-state index contributed by atoms with van der Waals surface area (Å²) < 4.78 is 2.00. The Balaban J connectivity index is 1.84. The van der Waals surface area contributed by atoms with Crippen molar-refractivity contribution in [3.05, 3.63) is 30.6 Å². The molecule has 1 fully saturated rings. The lowest BCUT2D eigenvalue weighted by Crippen LogP contribution is -2.22. The number of hydrogen-bond donors (Lipinski definition) is 1. The Morgan fingerprint density at radius 1 is 1.47 bits per heavy atom. The SMILES string of the molecule is NC1(CCc2ncn3ccncc23)CC1. The number of fused-ring (bicyclic) bond motifs is 1. The lowest BCUT2D eigenvalue weighted by Gasteiger charge is -2.05. The first kappa shape index (κ1) is 8.85. The van der Waals surface area contributed by atoms with E-state index in [0.29, 0.717) is 0 Å². The molecular weight excluding hydrogens is 188 g/mol. The average Bonchev–Trinajstić information content (AvgIpc) is 2.86. The second kappa shape index (κ2) is 3.03. The maximum Gasteiger partial charge on any atom is 0.0996 e. The van der Waals surface area contributed by atoms with Gasteiger partial charge in [-0.2, -0.15) is 0 Å². The molecule has 0 radical (unpaired) electrons. The Morgan fingerprint density at radius 2 is 2.33 bits per heavy atom. The van der Waals surface area contributed by atoms with Gasteiger partial charge in [-0.25, -0.2) is 4.98 Å². The zero-order valence-electron chi connectivity index (χ0n) is 8.56. The third-order valence-corrected chi connectivity index (χ3v) is 3.17. The van der Waals surface area contributed by atoms with Crippen LogP contribution in [0.1, 0.15) is 25.0 Å². The Morgan fingerprint density at radius 3 is 3.13 bits per heavy atom. The minimum Gasteiger partial charge on any atom is -0.325 e. The topological polar surface area (TPSA) is 56.2 Å². The van der Waals surface area contributed by atoms with Crippen LogP contribution in [-0.2, 0) is 6.42 Å². The molecule has 0 unspecified atom stereocenters. The molecule has 2 heterocycles. The van der Waals surface area contributed by atoms with Gasteiger partial charge in [0.05, 0.1) is 23.7 Å². The van der Waals surface area contributed by atoms with E-state index in [-0.39, 0.29) is 5.54 Å². The van der Waals surface area contributed by atoms with Crippen molar-refractivity contribution in [1.29, 1.82) is 0 Å². The summed E-state index contributed by atoms with van der Waals surface area (Å²) >= 11 is 0. The summed E-state index contributed by atoms with van der Waals surface area (Å²) in [5.41, 5.74) is 8.38. The van der Waals surface area contributed by atoms with Gasteiger partial charge in [0.2, 0.25) is 0 Å². The lowest BCUT2D eigenvalue weighted by molar-refractivity contribution is 0.606. The molecule has 3 rings (SSSR count). The number of nitrogens with two attached hydrogens (primary N) is 1. The van der Waals surface area contributed by atoms with Crippen LogP contribution in [0.2, 0.25) is 0 Å². The highest BCUT2D eigenvalue weighted by Gasteiger charge is 2.37. The first-order valence-electron chi connectivity index (χ1n) is 5.31. The molecule has 0 atom stereocenters. The van der Waals surface area contributed by atoms with Gasteiger partial charge in [0, 0.05) is 17.9 Å². The predicted octanol–water partition coefficient (Wildman–Crippen LogP) is 1.15. The van der Waals surface area contributed by atoms with Crippen molar-refractivity contribution in [2.45, 2.75) is 31.2 Å². The Hall–Kier alpha value is -1.42. The molecule has 78 valence electrons. The van der Waals surface area contributed by atoms with Crippen molar-refractivity contribution < 1.29 is 0 Å². The van der Waals surface area contributed by atoms with Crippen LogP contribution in [0, 0.1) is 0 Å². The molecule has 0 aliphatic heterocycles. The molecule has 0 amide bonds. The Kier molecular flexibility index (Phi) is 1.79. The number of aryl methyl sites for hydroxylation is 1. The highest BCUT2D eigenvalue weighted by atomic mass is 15.0. The van der Waals surface area contributed by atoms with E-state index in [4.69, 9.17) is 5.73 Å². The van der Waals surface area contributed by atoms with Crippen molar-refractivity contribution in [2.75, 3.05) is 0 Å². The van der Waals surface area contributed by atoms with E-state index in [2.05, 4.69) is 9.97 Å². The predicted molar refractivity (Wildman–Crippen MR) is 57.5 cm³/mol. The Bertz CT molecular complexity index is 484. The van der Waals surface area contributed by atoms with E-state index in [1.807, 2.05) is 23.1 Å². The summed E-state index contributed by atoms with van der Waals surface area (Å²) in [4.78, 5) is 8.51. The van der Waals surface area contributed by atoms with Crippen LogP contribution in [-0.4, -0.2) is 19.9 Å². The van der Waals surface area contributed by atoms with Gasteiger partial charge in [-0.05, 0) is 25.7 Å². The van der Waals surface area contributed by atoms with Gasteiger partial charge >= 0.3 is 0 Å². The molecule has 4 nitrogen and oxygen atoms in total. The third kappa shape index (κ3) is 1.61. The van der Waals surface area contributed by atoms with Crippen molar-refractivity contribution >= 4 is 5.52 Å². The first-order valence-corrected chi connectivity index (χ1v) is 5.31. The van der Waals surface area contributed by atoms with Crippen LogP contribution in [0.4, 0.5) is 0 Å². The number of nitrogens with zero attached hydrogens (tertiary/aromatic N) is 3. The number of imidazole rings is 1. The molecule has 0 spiro atoms. The fraction of sp³-hybridized carbons (Fsp3) is 0.455. The molecule has 1 saturated carbocycles. The minimum atomic E-state index is 0.109. The normalized spacial score (nSPS) is 18.2. The Labute approximate surface area is 88.1 Å². The van der Waals surface area contributed by atoms with Gasteiger partial charge in [-0.15, -0.1) is 0 Å². The molecule has 2 aromatic rings. The summed E-state index contributed by atoms with van der Waals surface area (Å²) in [7, 11) is 0. The summed E-state index contributed by atoms with van der Waals surface area (Å²) in [5, 5.41) is 0. The highest BCUT2D eigenvalue weighted by Crippen LogP contribution is 2.36. The molecule has 1 aliphatic carbocycles. The van der Waals surface area contributed by atoms with Gasteiger partial charge in [0.15, 0.2) is 0 Å². The molecule has 4 heteroatoms. The number of rotatable bonds is 3. The molecule has 1 aliphatic rings. The smallest absolute Gasteiger partial charge is 0.0996 e. The fourth-order valence-electron chi connectivity index (χ4n) is 1.86. The zero-order chi connectivity index (χ0) is 10.3. The van der Waals surface area contributed by atoms with Gasteiger partial charge in [-0.3, -0.25) is 4.98 Å². The molecule has 15 heavy (non-hydrogen) atoms. The van der Waals surface area contributed by atoms with Crippen LogP contribution in [0.3, 0.4) is 0 Å². The maximum absolute atomic E-state index is 6.06. The van der Waals surface area contributed by atoms with Crippen molar-refractivity contribution in [3.8, 4) is 0 Å². The van der Waals surface area contributed by atoms with Gasteiger partial charge in [0.25, 0.3) is 0 Å². The average molecular weight is 202 g/mol. The molecule has 0 saturated heterocycles. The second-order valence-corrected chi connectivity index (χ2v) is 4.42. The lowest BCUT2D eigenvalue weighted by atomic mass is 10.1. The summed E-state index contributed by atoms with van der Waals surface area (Å²) in [6.07, 6.45) is 11.7. The van der Waals surface area contributed by atoms with Gasteiger partial charge < -0.3 is 10.1 Å². The van der Waals surface area contributed by atoms with Gasteiger partial charge in [-0.1, -0.05) is 0 Å². The standard InChI is InChI=1S/C11H14N4/c12-11(3-4-11)2-1-9-10-7-13-5-6-15(10)8-14-9/h5-8H,1-4,12H2. The second-order valence-electron chi connectivity index (χ2n) is 4.42. The number of aromatic nitrogens is 3. The van der Waals surface area contributed by atoms with Crippen LogP contribution >= 0.6 is 0 Å². The van der Waals surface area contributed by atoms with Crippen molar-refractivity contribution in [1.82, 2.24) is 14.4 Å². The summed E-state index contributed by atoms with van der Waals surface area (Å²) in [5.74, 6) is 0. The zero-order valence-corrected chi connectivity index (χ0v) is 8.56. The molecule has 0 aromatic carbocycles. The largest absolute Gasteiger partial charge is 0.325 e. The van der Waals surface area contributed by atoms with E-state index in [1.165, 1.54) is 0 Å². The van der Waals surface area contributed by atoms with Crippen LogP contribution in [0.25, 0.3) is 5.52 Å². The maximum atomic E-state index is 6.06. The fourth-order valence-corrected chi connectivity index (χ4v) is 1.86. The van der Waals surface area contributed by atoms with Gasteiger partial charge in [0.1, 0.15) is 0 Å². The van der Waals surface area contributed by atoms with E-state index in [1.54, 1.807) is 6.20 Å². The van der Waals surface area contributed by atoms with Crippen LogP contribution in [0.5, 0.6) is 0 Å². The van der Waals surface area contributed by atoms with E-state index in [0.717, 1.165) is 36.9 Å². The van der Waals surface area contributed by atoms with Crippen molar-refractivity contribution in [2.24, 2.45) is 5.73 Å².